The highest BCUT2D eigenvalue weighted by atomic mass is 16.5. The number of ether oxygens (including phenoxy) is 1. The summed E-state index contributed by atoms with van der Waals surface area (Å²) in [5.41, 5.74) is 2.84. The first-order valence-corrected chi connectivity index (χ1v) is 7.71. The van der Waals surface area contributed by atoms with Crippen molar-refractivity contribution in [1.29, 1.82) is 0 Å². The number of fused-ring (bicyclic) bond motifs is 1. The fraction of sp³-hybridized carbons (Fsp3) is 0.647. The first kappa shape index (κ1) is 13.0. The lowest BCUT2D eigenvalue weighted by Gasteiger charge is -2.33. The molecule has 3 atom stereocenters. The molecule has 19 heavy (non-hydrogen) atoms. The van der Waals surface area contributed by atoms with E-state index in [1.54, 1.807) is 0 Å². The molecule has 1 aromatic rings. The Labute approximate surface area is 116 Å². The summed E-state index contributed by atoms with van der Waals surface area (Å²) in [6.07, 6.45) is 6.59. The number of hydrogen-bond acceptors (Lipinski definition) is 2. The van der Waals surface area contributed by atoms with Gasteiger partial charge in [-0.15, -0.1) is 0 Å². The van der Waals surface area contributed by atoms with E-state index in [-0.39, 0.29) is 0 Å². The number of rotatable bonds is 3. The van der Waals surface area contributed by atoms with Crippen LogP contribution in [0.1, 0.15) is 49.8 Å². The lowest BCUT2D eigenvalue weighted by molar-refractivity contribution is 0.230. The number of nitrogens with one attached hydrogen (secondary N) is 1. The molecule has 0 radical (unpaired) electrons. The molecule has 0 aromatic heterocycles. The van der Waals surface area contributed by atoms with Crippen LogP contribution in [0.25, 0.3) is 0 Å². The van der Waals surface area contributed by atoms with Crippen molar-refractivity contribution in [3.63, 3.8) is 0 Å². The van der Waals surface area contributed by atoms with Gasteiger partial charge < -0.3 is 10.1 Å². The fourth-order valence-electron chi connectivity index (χ4n) is 3.86. The third-order valence-electron chi connectivity index (χ3n) is 4.83. The Morgan fingerprint density at radius 2 is 2.21 bits per heavy atom. The second-order valence-corrected chi connectivity index (χ2v) is 6.26. The molecule has 1 heterocycles. The Morgan fingerprint density at radius 1 is 1.32 bits per heavy atom. The summed E-state index contributed by atoms with van der Waals surface area (Å²) >= 11 is 0. The Hall–Kier alpha value is -1.02. The van der Waals surface area contributed by atoms with Gasteiger partial charge in [0, 0.05) is 12.5 Å². The number of hydrogen-bond donors (Lipinski definition) is 1. The maximum atomic E-state index is 5.61. The average Bonchev–Trinajstić information content (AvgIpc) is 2.87. The highest BCUT2D eigenvalue weighted by Crippen LogP contribution is 2.38. The highest BCUT2D eigenvalue weighted by Gasteiger charge is 2.27. The van der Waals surface area contributed by atoms with E-state index in [4.69, 9.17) is 4.74 Å². The van der Waals surface area contributed by atoms with Crippen LogP contribution in [0.4, 0.5) is 0 Å². The van der Waals surface area contributed by atoms with Gasteiger partial charge in [0.15, 0.2) is 0 Å². The molecule has 104 valence electrons. The van der Waals surface area contributed by atoms with Crippen LogP contribution in [0.2, 0.25) is 0 Å². The second-order valence-electron chi connectivity index (χ2n) is 6.26. The van der Waals surface area contributed by atoms with E-state index in [1.807, 2.05) is 0 Å². The van der Waals surface area contributed by atoms with Crippen LogP contribution in [-0.4, -0.2) is 13.7 Å². The zero-order valence-electron chi connectivity index (χ0n) is 12.1. The summed E-state index contributed by atoms with van der Waals surface area (Å²) in [5.74, 6) is 2.76. The van der Waals surface area contributed by atoms with E-state index < -0.39 is 0 Å². The molecule has 1 aromatic carbocycles. The lowest BCUT2D eigenvalue weighted by Crippen LogP contribution is -2.29. The summed E-state index contributed by atoms with van der Waals surface area (Å²) in [5, 5.41) is 3.56. The molecule has 0 spiro atoms. The van der Waals surface area contributed by atoms with Gasteiger partial charge >= 0.3 is 0 Å². The monoisotopic (exact) mass is 259 g/mol. The molecule has 2 nitrogen and oxygen atoms in total. The van der Waals surface area contributed by atoms with E-state index in [2.05, 4.69) is 37.5 Å². The summed E-state index contributed by atoms with van der Waals surface area (Å²) in [7, 11) is 2.10. The van der Waals surface area contributed by atoms with Crippen molar-refractivity contribution >= 4 is 0 Å². The smallest absolute Gasteiger partial charge is 0.122 e. The number of benzene rings is 1. The summed E-state index contributed by atoms with van der Waals surface area (Å²) < 4.78 is 5.61. The first-order chi connectivity index (χ1) is 9.28. The summed E-state index contributed by atoms with van der Waals surface area (Å²) in [4.78, 5) is 0. The van der Waals surface area contributed by atoms with Gasteiger partial charge in [-0.2, -0.15) is 0 Å². The van der Waals surface area contributed by atoms with Crippen molar-refractivity contribution in [1.82, 2.24) is 5.32 Å². The van der Waals surface area contributed by atoms with E-state index in [0.717, 1.165) is 30.6 Å². The van der Waals surface area contributed by atoms with Crippen molar-refractivity contribution < 1.29 is 4.74 Å². The minimum Gasteiger partial charge on any atom is -0.493 e. The molecule has 0 amide bonds. The van der Waals surface area contributed by atoms with Crippen LogP contribution in [0.3, 0.4) is 0 Å². The van der Waals surface area contributed by atoms with Gasteiger partial charge in [-0.1, -0.05) is 31.9 Å². The second kappa shape index (κ2) is 5.54. The van der Waals surface area contributed by atoms with Crippen LogP contribution in [0, 0.1) is 11.8 Å². The Bertz CT molecular complexity index is 443. The van der Waals surface area contributed by atoms with Crippen molar-refractivity contribution in [2.24, 2.45) is 11.8 Å². The predicted octanol–water partition coefficient (Wildman–Crippen LogP) is 3.71. The van der Waals surface area contributed by atoms with Gasteiger partial charge in [0.2, 0.25) is 0 Å². The quantitative estimate of drug-likeness (QED) is 0.893. The Balaban J connectivity index is 1.81. The van der Waals surface area contributed by atoms with E-state index in [1.165, 1.54) is 36.8 Å². The molecule has 1 aliphatic carbocycles. The zero-order chi connectivity index (χ0) is 13.2. The summed E-state index contributed by atoms with van der Waals surface area (Å²) in [6, 6.07) is 7.29. The van der Waals surface area contributed by atoms with Crippen LogP contribution in [0.5, 0.6) is 5.75 Å². The molecule has 2 heteroatoms. The molecule has 1 N–H and O–H groups in total. The van der Waals surface area contributed by atoms with Crippen LogP contribution in [0.15, 0.2) is 18.2 Å². The largest absolute Gasteiger partial charge is 0.493 e. The molecular formula is C17H25NO. The van der Waals surface area contributed by atoms with Gasteiger partial charge in [-0.25, -0.2) is 0 Å². The normalized spacial score (nSPS) is 27.7. The van der Waals surface area contributed by atoms with E-state index in [9.17, 15) is 0 Å². The Morgan fingerprint density at radius 3 is 3.00 bits per heavy atom. The molecule has 0 bridgehead atoms. The van der Waals surface area contributed by atoms with Crippen LogP contribution in [-0.2, 0) is 6.42 Å². The SMILES string of the molecule is CNC(c1ccc2c(c1)CCO2)C1CCCC(C)C1. The first-order valence-electron chi connectivity index (χ1n) is 7.71. The molecule has 1 aliphatic heterocycles. The molecule has 3 rings (SSSR count). The minimum atomic E-state index is 0.508. The standard InChI is InChI=1S/C17H25NO/c1-12-4-3-5-14(10-12)17(18-2)15-6-7-16-13(11-15)8-9-19-16/h6-7,11-12,14,17-18H,3-5,8-10H2,1-2H3. The molecule has 0 saturated heterocycles. The maximum absolute atomic E-state index is 5.61. The van der Waals surface area contributed by atoms with Gasteiger partial charge in [0.05, 0.1) is 6.61 Å². The van der Waals surface area contributed by atoms with E-state index >= 15 is 0 Å². The van der Waals surface area contributed by atoms with Gasteiger partial charge in [0.25, 0.3) is 0 Å². The van der Waals surface area contributed by atoms with Gasteiger partial charge in [-0.3, -0.25) is 0 Å². The zero-order valence-corrected chi connectivity index (χ0v) is 12.1. The van der Waals surface area contributed by atoms with Gasteiger partial charge in [0.1, 0.15) is 5.75 Å². The van der Waals surface area contributed by atoms with Crippen molar-refractivity contribution in [3.05, 3.63) is 29.3 Å². The Kier molecular flexibility index (Phi) is 3.79. The van der Waals surface area contributed by atoms with Crippen molar-refractivity contribution in [2.75, 3.05) is 13.7 Å². The highest BCUT2D eigenvalue weighted by molar-refractivity contribution is 5.41. The fourth-order valence-corrected chi connectivity index (χ4v) is 3.86. The minimum absolute atomic E-state index is 0.508. The van der Waals surface area contributed by atoms with Crippen LogP contribution >= 0.6 is 0 Å². The van der Waals surface area contributed by atoms with Crippen molar-refractivity contribution in [3.8, 4) is 5.75 Å². The molecule has 1 fully saturated rings. The van der Waals surface area contributed by atoms with Gasteiger partial charge in [-0.05, 0) is 48.9 Å². The topological polar surface area (TPSA) is 21.3 Å². The molecule has 3 unspecified atom stereocenters. The molecule has 1 saturated carbocycles. The van der Waals surface area contributed by atoms with E-state index in [0.29, 0.717) is 6.04 Å². The lowest BCUT2D eigenvalue weighted by atomic mass is 9.76. The average molecular weight is 259 g/mol. The molecule has 2 aliphatic rings. The van der Waals surface area contributed by atoms with Crippen molar-refractivity contribution in [2.45, 2.75) is 45.1 Å². The third kappa shape index (κ3) is 2.64. The molecular weight excluding hydrogens is 234 g/mol. The predicted molar refractivity (Wildman–Crippen MR) is 78.6 cm³/mol. The maximum Gasteiger partial charge on any atom is 0.122 e. The summed E-state index contributed by atoms with van der Waals surface area (Å²) in [6.45, 7) is 3.25. The van der Waals surface area contributed by atoms with Crippen LogP contribution < -0.4 is 10.1 Å². The third-order valence-corrected chi connectivity index (χ3v) is 4.83.